The summed E-state index contributed by atoms with van der Waals surface area (Å²) in [5, 5.41) is 11.5. The van der Waals surface area contributed by atoms with Crippen molar-refractivity contribution in [1.29, 1.82) is 0 Å². The Hall–Kier alpha value is -2.17. The Labute approximate surface area is 143 Å². The monoisotopic (exact) mass is 333 g/mol. The van der Waals surface area contributed by atoms with Crippen LogP contribution in [0.4, 0.5) is 0 Å². The van der Waals surface area contributed by atoms with Crippen molar-refractivity contribution in [2.75, 3.05) is 0 Å². The molecule has 0 unspecified atom stereocenters. The minimum absolute atomic E-state index is 0.0413. The summed E-state index contributed by atoms with van der Waals surface area (Å²) in [5.74, 6) is -1.43. The van der Waals surface area contributed by atoms with Crippen molar-refractivity contribution in [3.63, 3.8) is 0 Å². The Kier molecular flexibility index (Phi) is 7.62. The molecule has 5 nitrogen and oxygen atoms in total. The maximum atomic E-state index is 12.3. The molecule has 132 valence electrons. The van der Waals surface area contributed by atoms with Crippen LogP contribution in [0.15, 0.2) is 30.3 Å². The Morgan fingerprint density at radius 1 is 1.04 bits per heavy atom. The highest BCUT2D eigenvalue weighted by atomic mass is 16.4. The van der Waals surface area contributed by atoms with Crippen LogP contribution in [0, 0.1) is 5.41 Å². The van der Waals surface area contributed by atoms with E-state index in [1.165, 1.54) is 0 Å². The highest BCUT2D eigenvalue weighted by Gasteiger charge is 2.22. The maximum absolute atomic E-state index is 12.3. The predicted molar refractivity (Wildman–Crippen MR) is 92.6 cm³/mol. The number of aliphatic carboxylic acids is 1. The first kappa shape index (κ1) is 19.9. The first-order chi connectivity index (χ1) is 11.2. The van der Waals surface area contributed by atoms with E-state index in [2.05, 4.69) is 26.1 Å². The average molecular weight is 333 g/mol. The minimum Gasteiger partial charge on any atom is -0.481 e. The molecule has 0 saturated carbocycles. The lowest BCUT2D eigenvalue weighted by atomic mass is 9.90. The third-order valence-electron chi connectivity index (χ3n) is 3.69. The van der Waals surface area contributed by atoms with Gasteiger partial charge in [-0.15, -0.1) is 0 Å². The smallest absolute Gasteiger partial charge is 0.303 e. The summed E-state index contributed by atoms with van der Waals surface area (Å²) in [4.78, 5) is 35.1. The Balaban J connectivity index is 2.71. The van der Waals surface area contributed by atoms with Crippen molar-refractivity contribution < 1.29 is 19.5 Å². The number of hydrogen-bond acceptors (Lipinski definition) is 3. The zero-order valence-electron chi connectivity index (χ0n) is 14.7. The molecule has 1 amide bonds. The van der Waals surface area contributed by atoms with E-state index in [9.17, 15) is 14.4 Å². The first-order valence-corrected chi connectivity index (χ1v) is 8.25. The summed E-state index contributed by atoms with van der Waals surface area (Å²) < 4.78 is 0. The van der Waals surface area contributed by atoms with Crippen molar-refractivity contribution in [3.8, 4) is 0 Å². The lowest BCUT2D eigenvalue weighted by Gasteiger charge is -2.20. The predicted octanol–water partition coefficient (Wildman–Crippen LogP) is 2.97. The van der Waals surface area contributed by atoms with E-state index < -0.39 is 12.0 Å². The standard InChI is InChI=1S/C19H27NO4/c1-19(2,3)12-11-17(22)20-15(16(21)9-10-18(23)24)13-14-7-5-4-6-8-14/h4-8,15H,9-13H2,1-3H3,(H,20,22)(H,23,24)/t15-/m0/s1. The second-order valence-corrected chi connectivity index (χ2v) is 7.23. The molecule has 5 heteroatoms. The van der Waals surface area contributed by atoms with E-state index in [0.29, 0.717) is 12.8 Å². The highest BCUT2D eigenvalue weighted by molar-refractivity contribution is 5.90. The molecule has 0 aliphatic heterocycles. The number of rotatable bonds is 9. The van der Waals surface area contributed by atoms with Gasteiger partial charge in [-0.3, -0.25) is 14.4 Å². The molecule has 0 aliphatic rings. The quantitative estimate of drug-likeness (QED) is 0.728. The molecule has 0 heterocycles. The summed E-state index contributed by atoms with van der Waals surface area (Å²) in [6, 6.07) is 8.72. The number of benzene rings is 1. The molecule has 0 spiro atoms. The van der Waals surface area contributed by atoms with E-state index in [-0.39, 0.29) is 29.9 Å². The number of ketones is 1. The number of carboxylic acids is 1. The van der Waals surface area contributed by atoms with Crippen LogP contribution in [0.5, 0.6) is 0 Å². The lowest BCUT2D eigenvalue weighted by Crippen LogP contribution is -2.42. The number of Topliss-reactive ketones (excluding diaryl/α,β-unsaturated/α-hetero) is 1. The maximum Gasteiger partial charge on any atom is 0.303 e. The van der Waals surface area contributed by atoms with Gasteiger partial charge >= 0.3 is 5.97 Å². The molecule has 1 aromatic rings. The van der Waals surface area contributed by atoms with E-state index in [0.717, 1.165) is 12.0 Å². The molecule has 0 bridgehead atoms. The lowest BCUT2D eigenvalue weighted by molar-refractivity contribution is -0.138. The van der Waals surface area contributed by atoms with E-state index in [1.807, 2.05) is 30.3 Å². The molecular weight excluding hydrogens is 306 g/mol. The Bertz CT molecular complexity index is 560. The Morgan fingerprint density at radius 2 is 1.67 bits per heavy atom. The van der Waals surface area contributed by atoms with Gasteiger partial charge in [0.15, 0.2) is 5.78 Å². The molecular formula is C19H27NO4. The molecule has 2 N–H and O–H groups in total. The number of carbonyl (C=O) groups is 3. The van der Waals surface area contributed by atoms with Gasteiger partial charge in [-0.05, 0) is 23.8 Å². The van der Waals surface area contributed by atoms with Crippen molar-refractivity contribution in [2.24, 2.45) is 5.41 Å². The molecule has 1 rings (SSSR count). The number of hydrogen-bond donors (Lipinski definition) is 2. The SMILES string of the molecule is CC(C)(C)CCC(=O)N[C@@H](Cc1ccccc1)C(=O)CCC(=O)O. The molecule has 0 fully saturated rings. The van der Waals surface area contributed by atoms with Crippen molar-refractivity contribution >= 4 is 17.7 Å². The zero-order chi connectivity index (χ0) is 18.2. The second-order valence-electron chi connectivity index (χ2n) is 7.23. The average Bonchev–Trinajstić information content (AvgIpc) is 2.50. The van der Waals surface area contributed by atoms with Gasteiger partial charge in [-0.2, -0.15) is 0 Å². The van der Waals surface area contributed by atoms with Crippen molar-refractivity contribution in [2.45, 2.75) is 58.9 Å². The van der Waals surface area contributed by atoms with Gasteiger partial charge in [0.2, 0.25) is 5.91 Å². The van der Waals surface area contributed by atoms with Gasteiger partial charge in [0.1, 0.15) is 0 Å². The number of carbonyl (C=O) groups excluding carboxylic acids is 2. The largest absolute Gasteiger partial charge is 0.481 e. The van der Waals surface area contributed by atoms with Gasteiger partial charge in [0.05, 0.1) is 12.5 Å². The van der Waals surface area contributed by atoms with Gasteiger partial charge in [-0.25, -0.2) is 0 Å². The third-order valence-corrected chi connectivity index (χ3v) is 3.69. The fraction of sp³-hybridized carbons (Fsp3) is 0.526. The number of amides is 1. The number of nitrogens with one attached hydrogen (secondary N) is 1. The highest BCUT2D eigenvalue weighted by Crippen LogP contribution is 2.20. The third kappa shape index (κ3) is 8.46. The van der Waals surface area contributed by atoms with Crippen LogP contribution in [0.3, 0.4) is 0 Å². The van der Waals surface area contributed by atoms with Crippen LogP contribution in [-0.2, 0) is 20.8 Å². The molecule has 0 aliphatic carbocycles. The van der Waals surface area contributed by atoms with E-state index in [1.54, 1.807) is 0 Å². The molecule has 1 aromatic carbocycles. The van der Waals surface area contributed by atoms with Crippen LogP contribution in [0.25, 0.3) is 0 Å². The molecule has 1 atom stereocenters. The summed E-state index contributed by atoms with van der Waals surface area (Å²) in [6.07, 6.45) is 1.15. The number of carboxylic acid groups (broad SMARTS) is 1. The second kappa shape index (κ2) is 9.21. The van der Waals surface area contributed by atoms with Crippen LogP contribution in [0.2, 0.25) is 0 Å². The molecule has 0 saturated heterocycles. The summed E-state index contributed by atoms with van der Waals surface area (Å²) in [7, 11) is 0. The molecule has 0 aromatic heterocycles. The van der Waals surface area contributed by atoms with E-state index >= 15 is 0 Å². The topological polar surface area (TPSA) is 83.5 Å². The summed E-state index contributed by atoms with van der Waals surface area (Å²) in [6.45, 7) is 6.17. The van der Waals surface area contributed by atoms with Crippen LogP contribution < -0.4 is 5.32 Å². The van der Waals surface area contributed by atoms with E-state index in [4.69, 9.17) is 5.11 Å². The Morgan fingerprint density at radius 3 is 2.21 bits per heavy atom. The summed E-state index contributed by atoms with van der Waals surface area (Å²) >= 11 is 0. The zero-order valence-corrected chi connectivity index (χ0v) is 14.7. The van der Waals surface area contributed by atoms with Gasteiger partial charge < -0.3 is 10.4 Å². The fourth-order valence-corrected chi connectivity index (χ4v) is 2.25. The van der Waals surface area contributed by atoms with Crippen molar-refractivity contribution in [3.05, 3.63) is 35.9 Å². The fourth-order valence-electron chi connectivity index (χ4n) is 2.25. The van der Waals surface area contributed by atoms with Crippen LogP contribution in [-0.4, -0.2) is 28.8 Å². The van der Waals surface area contributed by atoms with Gasteiger partial charge in [0, 0.05) is 12.8 Å². The summed E-state index contributed by atoms with van der Waals surface area (Å²) in [5.41, 5.74) is 0.974. The van der Waals surface area contributed by atoms with Crippen LogP contribution in [0.1, 0.15) is 52.0 Å². The first-order valence-electron chi connectivity index (χ1n) is 8.25. The molecule has 24 heavy (non-hydrogen) atoms. The van der Waals surface area contributed by atoms with Crippen LogP contribution >= 0.6 is 0 Å². The van der Waals surface area contributed by atoms with Gasteiger partial charge in [-0.1, -0.05) is 51.1 Å². The van der Waals surface area contributed by atoms with Gasteiger partial charge in [0.25, 0.3) is 0 Å². The normalized spacial score (nSPS) is 12.5. The minimum atomic E-state index is -1.01. The molecule has 0 radical (unpaired) electrons. The van der Waals surface area contributed by atoms with Crippen molar-refractivity contribution in [1.82, 2.24) is 5.32 Å².